The zero-order chi connectivity index (χ0) is 28.7. The number of aliphatic hydroxyl groups is 1. The van der Waals surface area contributed by atoms with E-state index in [1.807, 2.05) is 0 Å². The number of hydrogen-bond donors (Lipinski definition) is 1. The van der Waals surface area contributed by atoms with E-state index in [1.165, 1.54) is 27.0 Å². The summed E-state index contributed by atoms with van der Waals surface area (Å²) in [6.07, 6.45) is -0.684. The minimum Gasteiger partial charge on any atom is -0.387 e. The molecule has 0 spiro atoms. The smallest absolute Gasteiger partial charge is 0.0956 e. The molecular formula is C38H40NOP. The predicted molar refractivity (Wildman–Crippen MR) is 175 cm³/mol. The van der Waals surface area contributed by atoms with E-state index in [-0.39, 0.29) is 11.5 Å². The van der Waals surface area contributed by atoms with Crippen LogP contribution in [0.2, 0.25) is 0 Å². The molecule has 0 amide bonds. The van der Waals surface area contributed by atoms with Gasteiger partial charge in [-0.05, 0) is 45.9 Å². The molecule has 2 atom stereocenters. The van der Waals surface area contributed by atoms with E-state index in [0.29, 0.717) is 0 Å². The molecular weight excluding hydrogens is 517 g/mol. The third-order valence-electron chi connectivity index (χ3n) is 7.56. The van der Waals surface area contributed by atoms with Crippen LogP contribution in [0.5, 0.6) is 0 Å². The van der Waals surface area contributed by atoms with Gasteiger partial charge < -0.3 is 5.11 Å². The molecule has 0 saturated carbocycles. The topological polar surface area (TPSA) is 23.5 Å². The van der Waals surface area contributed by atoms with Crippen LogP contribution in [0, 0.1) is 5.41 Å². The van der Waals surface area contributed by atoms with Crippen molar-refractivity contribution in [2.45, 2.75) is 46.0 Å². The summed E-state index contributed by atoms with van der Waals surface area (Å²) < 4.78 is 0. The van der Waals surface area contributed by atoms with Gasteiger partial charge in [0, 0.05) is 19.1 Å². The van der Waals surface area contributed by atoms with Crippen molar-refractivity contribution in [3.05, 3.63) is 162 Å². The van der Waals surface area contributed by atoms with E-state index in [1.54, 1.807) is 0 Å². The number of benzene rings is 5. The molecule has 0 radical (unpaired) electrons. The van der Waals surface area contributed by atoms with Gasteiger partial charge in [0.1, 0.15) is 0 Å². The monoisotopic (exact) mass is 557 g/mol. The van der Waals surface area contributed by atoms with Crippen molar-refractivity contribution in [3.8, 4) is 0 Å². The number of rotatable bonds is 10. The molecule has 5 aromatic rings. The molecule has 5 rings (SSSR count). The number of hydrogen-bond acceptors (Lipinski definition) is 2. The van der Waals surface area contributed by atoms with Gasteiger partial charge in [-0.15, -0.1) is 0 Å². The van der Waals surface area contributed by atoms with Crippen LogP contribution in [-0.4, -0.2) is 16.0 Å². The minimum atomic E-state index is -0.854. The van der Waals surface area contributed by atoms with Crippen LogP contribution in [-0.2, 0) is 13.1 Å². The standard InChI is InChI=1S/C38H40NOP/c1-38(2,3)37(39(28-30-18-8-4-9-19-30)29-31-20-10-5-11-21-31)36(40)34-26-16-17-27-35(34)41(32-22-12-6-13-23-32)33-24-14-7-15-25-33/h4-27,36-37,40H,28-29H2,1-3H3. The maximum absolute atomic E-state index is 12.5. The van der Waals surface area contributed by atoms with Gasteiger partial charge >= 0.3 is 0 Å². The highest BCUT2D eigenvalue weighted by Gasteiger charge is 2.38. The van der Waals surface area contributed by atoms with E-state index < -0.39 is 14.0 Å². The summed E-state index contributed by atoms with van der Waals surface area (Å²) in [5, 5.41) is 16.3. The average molecular weight is 558 g/mol. The minimum absolute atomic E-state index is 0.132. The summed E-state index contributed by atoms with van der Waals surface area (Å²) in [5.74, 6) is 0. The molecule has 2 nitrogen and oxygen atoms in total. The largest absolute Gasteiger partial charge is 0.387 e. The first kappa shape index (κ1) is 29.0. The zero-order valence-corrected chi connectivity index (χ0v) is 25.2. The van der Waals surface area contributed by atoms with Gasteiger partial charge in [-0.3, -0.25) is 4.90 Å². The van der Waals surface area contributed by atoms with Gasteiger partial charge in [0.2, 0.25) is 0 Å². The summed E-state index contributed by atoms with van der Waals surface area (Å²) in [5.41, 5.74) is 3.30. The molecule has 0 aliphatic heterocycles. The highest BCUT2D eigenvalue weighted by molar-refractivity contribution is 7.79. The van der Waals surface area contributed by atoms with E-state index in [0.717, 1.165) is 18.7 Å². The van der Waals surface area contributed by atoms with Gasteiger partial charge in [0.15, 0.2) is 0 Å². The third-order valence-corrected chi connectivity index (χ3v) is 10.1. The number of nitrogens with zero attached hydrogens (tertiary/aromatic N) is 1. The molecule has 5 aromatic carbocycles. The Morgan fingerprint density at radius 1 is 0.561 bits per heavy atom. The fourth-order valence-electron chi connectivity index (χ4n) is 5.80. The third kappa shape index (κ3) is 7.21. The van der Waals surface area contributed by atoms with Gasteiger partial charge in [0.05, 0.1) is 6.10 Å². The quantitative estimate of drug-likeness (QED) is 0.179. The first-order valence-electron chi connectivity index (χ1n) is 14.4. The second kappa shape index (κ2) is 13.4. The Morgan fingerprint density at radius 3 is 1.39 bits per heavy atom. The lowest BCUT2D eigenvalue weighted by atomic mass is 9.79. The normalized spacial score (nSPS) is 13.3. The van der Waals surface area contributed by atoms with E-state index in [4.69, 9.17) is 0 Å². The molecule has 2 unspecified atom stereocenters. The molecule has 3 heteroatoms. The van der Waals surface area contributed by atoms with Crippen LogP contribution in [0.15, 0.2) is 146 Å². The first-order valence-corrected chi connectivity index (χ1v) is 15.7. The zero-order valence-electron chi connectivity index (χ0n) is 24.3. The Labute approximate surface area is 247 Å². The van der Waals surface area contributed by atoms with E-state index in [2.05, 4.69) is 171 Å². The van der Waals surface area contributed by atoms with Crippen molar-refractivity contribution in [1.29, 1.82) is 0 Å². The fourth-order valence-corrected chi connectivity index (χ4v) is 8.30. The van der Waals surface area contributed by atoms with Crippen LogP contribution >= 0.6 is 7.92 Å². The summed E-state index contributed by atoms with van der Waals surface area (Å²) in [6, 6.07) is 51.2. The molecule has 0 aliphatic carbocycles. The Bertz CT molecular complexity index is 1400. The summed E-state index contributed by atoms with van der Waals surface area (Å²) in [4.78, 5) is 2.47. The summed E-state index contributed by atoms with van der Waals surface area (Å²) in [7, 11) is -0.854. The summed E-state index contributed by atoms with van der Waals surface area (Å²) in [6.45, 7) is 8.27. The van der Waals surface area contributed by atoms with Crippen molar-refractivity contribution in [2.75, 3.05) is 0 Å². The van der Waals surface area contributed by atoms with Gasteiger partial charge in [0.25, 0.3) is 0 Å². The Balaban J connectivity index is 1.61. The van der Waals surface area contributed by atoms with Crippen molar-refractivity contribution < 1.29 is 5.11 Å². The Hall–Kier alpha value is -3.55. The van der Waals surface area contributed by atoms with E-state index >= 15 is 0 Å². The highest BCUT2D eigenvalue weighted by atomic mass is 31.1. The van der Waals surface area contributed by atoms with Gasteiger partial charge in [-0.2, -0.15) is 0 Å². The van der Waals surface area contributed by atoms with Crippen LogP contribution in [0.4, 0.5) is 0 Å². The molecule has 41 heavy (non-hydrogen) atoms. The second-order valence-corrected chi connectivity index (χ2v) is 13.9. The van der Waals surface area contributed by atoms with Crippen LogP contribution in [0.3, 0.4) is 0 Å². The lowest BCUT2D eigenvalue weighted by molar-refractivity contribution is -0.0204. The average Bonchev–Trinajstić information content (AvgIpc) is 2.99. The maximum Gasteiger partial charge on any atom is 0.0956 e. The maximum atomic E-state index is 12.5. The second-order valence-electron chi connectivity index (χ2n) is 11.7. The fraction of sp³-hybridized carbons (Fsp3) is 0.211. The molecule has 0 aliphatic rings. The Morgan fingerprint density at radius 2 is 0.951 bits per heavy atom. The SMILES string of the molecule is CC(C)(C)C(C(O)c1ccccc1P(c1ccccc1)c1ccccc1)N(Cc1ccccc1)Cc1ccccc1. The van der Waals surface area contributed by atoms with E-state index in [9.17, 15) is 5.11 Å². The van der Waals surface area contributed by atoms with Crippen molar-refractivity contribution in [2.24, 2.45) is 5.41 Å². The molecule has 0 bridgehead atoms. The molecule has 0 aromatic heterocycles. The lowest BCUT2D eigenvalue weighted by Crippen LogP contribution is -2.48. The molecule has 0 heterocycles. The van der Waals surface area contributed by atoms with Gasteiger partial charge in [-0.1, -0.05) is 166 Å². The molecule has 0 fully saturated rings. The first-order chi connectivity index (χ1) is 19.9. The van der Waals surface area contributed by atoms with Gasteiger partial charge in [-0.25, -0.2) is 0 Å². The van der Waals surface area contributed by atoms with Crippen LogP contribution < -0.4 is 15.9 Å². The highest BCUT2D eigenvalue weighted by Crippen LogP contribution is 2.40. The van der Waals surface area contributed by atoms with Crippen molar-refractivity contribution >= 4 is 23.8 Å². The molecule has 208 valence electrons. The van der Waals surface area contributed by atoms with Crippen molar-refractivity contribution in [1.82, 2.24) is 4.90 Å². The summed E-state index contributed by atoms with van der Waals surface area (Å²) >= 11 is 0. The Kier molecular flexibility index (Phi) is 9.47. The van der Waals surface area contributed by atoms with Crippen LogP contribution in [0.1, 0.15) is 43.6 Å². The number of aliphatic hydroxyl groups excluding tert-OH is 1. The predicted octanol–water partition coefficient (Wildman–Crippen LogP) is 7.60. The molecule has 1 N–H and O–H groups in total. The van der Waals surface area contributed by atoms with Crippen LogP contribution in [0.25, 0.3) is 0 Å². The molecule has 0 saturated heterocycles. The lowest BCUT2D eigenvalue weighted by Gasteiger charge is -2.44. The van der Waals surface area contributed by atoms with Crippen molar-refractivity contribution in [3.63, 3.8) is 0 Å².